The number of carboxylic acid groups (broad SMARTS) is 1. The minimum Gasteiger partial charge on any atom is -0.480 e. The summed E-state index contributed by atoms with van der Waals surface area (Å²) in [6.07, 6.45) is -12.8. The summed E-state index contributed by atoms with van der Waals surface area (Å²) in [5.74, 6) is -2.08. The van der Waals surface area contributed by atoms with Gasteiger partial charge >= 0.3 is 27.4 Å². The van der Waals surface area contributed by atoms with Crippen LogP contribution in [0.1, 0.15) is 0 Å². The van der Waals surface area contributed by atoms with E-state index in [0.717, 1.165) is 0 Å². The highest BCUT2D eigenvalue weighted by molar-refractivity contribution is 14.1. The van der Waals surface area contributed by atoms with E-state index < -0.39 is 66.5 Å². The van der Waals surface area contributed by atoms with Crippen LogP contribution >= 0.6 is 22.6 Å². The lowest BCUT2D eigenvalue weighted by atomic mass is 10.6. The first kappa shape index (κ1) is 21.5. The van der Waals surface area contributed by atoms with Crippen molar-refractivity contribution in [3.63, 3.8) is 0 Å². The summed E-state index contributed by atoms with van der Waals surface area (Å²) in [7, 11) is -6.55. The van der Waals surface area contributed by atoms with Gasteiger partial charge in [0.15, 0.2) is 0 Å². The first-order valence-electron chi connectivity index (χ1n) is 4.49. The molecule has 2 N–H and O–H groups in total. The topological polar surface area (TPSA) is 92.7 Å². The molecule has 0 spiro atoms. The van der Waals surface area contributed by atoms with E-state index in [1.807, 2.05) is 4.74 Å². The van der Waals surface area contributed by atoms with Crippen LogP contribution in [-0.2, 0) is 19.6 Å². The van der Waals surface area contributed by atoms with Gasteiger partial charge in [0, 0.05) is 22.6 Å². The van der Waals surface area contributed by atoms with E-state index in [9.17, 15) is 48.3 Å². The average Bonchev–Trinajstić information content (AvgIpc) is 2.22. The lowest BCUT2D eigenvalue weighted by Crippen LogP contribution is -2.57. The van der Waals surface area contributed by atoms with Gasteiger partial charge in [0.05, 0.1) is 0 Å². The number of ether oxygens (including phenoxy) is 1. The number of rotatable bonds is 8. The molecule has 0 aliphatic rings. The second-order valence-corrected chi connectivity index (χ2v) is 6.53. The van der Waals surface area contributed by atoms with Gasteiger partial charge in [-0.1, -0.05) is 0 Å². The molecule has 0 amide bonds. The largest absolute Gasteiger partial charge is 0.480 e. The van der Waals surface area contributed by atoms with Crippen molar-refractivity contribution >= 4 is 38.6 Å². The molecule has 6 nitrogen and oxygen atoms in total. The Morgan fingerprint density at radius 3 is 1.77 bits per heavy atom. The zero-order chi connectivity index (χ0) is 18.2. The minimum atomic E-state index is -6.60. The van der Waals surface area contributed by atoms with Crippen molar-refractivity contribution in [2.75, 3.05) is 6.54 Å². The quantitative estimate of drug-likeness (QED) is 0.314. The van der Waals surface area contributed by atoms with Gasteiger partial charge < -0.3 is 5.11 Å². The Balaban J connectivity index is 5.54. The van der Waals surface area contributed by atoms with E-state index >= 15 is 0 Å². The van der Waals surface area contributed by atoms with Crippen LogP contribution in [-0.4, -0.2) is 47.4 Å². The molecule has 0 aromatic rings. The summed E-state index contributed by atoms with van der Waals surface area (Å²) in [5, 5.41) is 1.56. The van der Waals surface area contributed by atoms with Gasteiger partial charge in [0.2, 0.25) is 0 Å². The van der Waals surface area contributed by atoms with E-state index in [0.29, 0.717) is 4.72 Å². The Kier molecular flexibility index (Phi) is 6.05. The van der Waals surface area contributed by atoms with Crippen molar-refractivity contribution in [1.82, 2.24) is 4.72 Å². The third-order valence-electron chi connectivity index (χ3n) is 1.68. The number of sulfonamides is 1. The molecular weight excluding hydrogens is 477 g/mol. The van der Waals surface area contributed by atoms with E-state index in [-0.39, 0.29) is 0 Å². The maximum Gasteiger partial charge on any atom is 0.448 e. The fraction of sp³-hybridized carbons (Fsp3) is 0.833. The number of alkyl halides is 9. The number of hydrogen-bond acceptors (Lipinski definition) is 4. The van der Waals surface area contributed by atoms with Gasteiger partial charge in [0.1, 0.15) is 6.54 Å². The van der Waals surface area contributed by atoms with Gasteiger partial charge in [-0.25, -0.2) is 13.2 Å². The van der Waals surface area contributed by atoms with Gasteiger partial charge in [0.25, 0.3) is 10.0 Å². The van der Waals surface area contributed by atoms with Crippen molar-refractivity contribution in [2.45, 2.75) is 21.4 Å². The number of halogens is 9. The van der Waals surface area contributed by atoms with Crippen molar-refractivity contribution < 1.29 is 58.2 Å². The van der Waals surface area contributed by atoms with Crippen LogP contribution in [0.5, 0.6) is 0 Å². The van der Waals surface area contributed by atoms with Crippen molar-refractivity contribution in [3.8, 4) is 0 Å². The number of carboxylic acids is 1. The number of aliphatic carboxylic acids is 1. The lowest BCUT2D eigenvalue weighted by molar-refractivity contribution is -0.438. The Bertz CT molecular complexity index is 532. The smallest absolute Gasteiger partial charge is 0.448 e. The average molecular weight is 481 g/mol. The zero-order valence-corrected chi connectivity index (χ0v) is 12.6. The zero-order valence-electron chi connectivity index (χ0n) is 9.60. The van der Waals surface area contributed by atoms with Gasteiger partial charge in [-0.15, -0.1) is 0 Å². The Morgan fingerprint density at radius 2 is 1.45 bits per heavy atom. The molecule has 0 aromatic heterocycles. The monoisotopic (exact) mass is 481 g/mol. The standard InChI is InChI=1S/C6H4F8INO5S/c7-3(8,15)4(9,10)21-5(11,12)6(13,14)22(19,20)16-1-2(17)18/h16H,1H2,(H,17,18). The van der Waals surface area contributed by atoms with Gasteiger partial charge in [-0.2, -0.15) is 39.8 Å². The first-order valence-corrected chi connectivity index (χ1v) is 7.05. The van der Waals surface area contributed by atoms with E-state index in [4.69, 9.17) is 5.11 Å². The van der Waals surface area contributed by atoms with E-state index in [1.165, 1.54) is 0 Å². The van der Waals surface area contributed by atoms with E-state index in [2.05, 4.69) is 0 Å². The number of hydrogen-bond donors (Lipinski definition) is 2. The molecule has 0 heterocycles. The summed E-state index contributed by atoms with van der Waals surface area (Å²) in [6, 6.07) is 0. The molecule has 0 saturated carbocycles. The molecule has 22 heavy (non-hydrogen) atoms. The molecule has 0 radical (unpaired) electrons. The molecule has 0 aliphatic heterocycles. The molecule has 0 rings (SSSR count). The molecule has 0 fully saturated rings. The molecule has 132 valence electrons. The van der Waals surface area contributed by atoms with Crippen LogP contribution in [0.4, 0.5) is 35.1 Å². The third-order valence-corrected chi connectivity index (χ3v) is 3.74. The number of nitrogens with one attached hydrogen (secondary N) is 1. The Hall–Kier alpha value is -0.490. The molecule has 16 heteroatoms. The third kappa shape index (κ3) is 4.51. The van der Waals surface area contributed by atoms with Crippen molar-refractivity contribution in [3.05, 3.63) is 0 Å². The van der Waals surface area contributed by atoms with Crippen LogP contribution in [0, 0.1) is 0 Å². The SMILES string of the molecule is O=C(O)CNS(=O)(=O)C(F)(F)C(F)(F)OC(F)(F)C(F)(F)I. The lowest BCUT2D eigenvalue weighted by Gasteiger charge is -2.30. The molecule has 0 aliphatic carbocycles. The molecule has 0 aromatic carbocycles. The summed E-state index contributed by atoms with van der Waals surface area (Å²) in [6.45, 7) is -1.80. The maximum absolute atomic E-state index is 13.0. The summed E-state index contributed by atoms with van der Waals surface area (Å²) < 4.78 is 120. The first-order chi connectivity index (χ1) is 9.37. The molecule has 0 atom stereocenters. The fourth-order valence-electron chi connectivity index (χ4n) is 0.682. The normalized spacial score (nSPS) is 15.0. The summed E-state index contributed by atoms with van der Waals surface area (Å²) >= 11 is -0.396. The van der Waals surface area contributed by atoms with Gasteiger partial charge in [-0.3, -0.25) is 4.79 Å². The van der Waals surface area contributed by atoms with Crippen LogP contribution in [0.2, 0.25) is 0 Å². The predicted molar refractivity (Wildman–Crippen MR) is 59.5 cm³/mol. The van der Waals surface area contributed by atoms with Crippen LogP contribution in [0.15, 0.2) is 0 Å². The van der Waals surface area contributed by atoms with Crippen LogP contribution in [0.25, 0.3) is 0 Å². The summed E-state index contributed by atoms with van der Waals surface area (Å²) in [5.41, 5.74) is 0. The highest BCUT2D eigenvalue weighted by Gasteiger charge is 2.73. The molecule has 0 unspecified atom stereocenters. The molecule has 0 saturated heterocycles. The second kappa shape index (κ2) is 6.19. The fourth-order valence-corrected chi connectivity index (χ4v) is 1.64. The van der Waals surface area contributed by atoms with Crippen molar-refractivity contribution in [1.29, 1.82) is 0 Å². The Morgan fingerprint density at radius 1 is 1.05 bits per heavy atom. The molecule has 0 bridgehead atoms. The highest BCUT2D eigenvalue weighted by Crippen LogP contribution is 2.48. The van der Waals surface area contributed by atoms with Crippen LogP contribution in [0.3, 0.4) is 0 Å². The highest BCUT2D eigenvalue weighted by atomic mass is 127. The minimum absolute atomic E-state index is 0.396. The van der Waals surface area contributed by atoms with Crippen molar-refractivity contribution in [2.24, 2.45) is 0 Å². The predicted octanol–water partition coefficient (Wildman–Crippen LogP) is 1.81. The molecular formula is C6H4F8INO5S. The van der Waals surface area contributed by atoms with Crippen LogP contribution < -0.4 is 4.72 Å². The second-order valence-electron chi connectivity index (χ2n) is 3.37. The maximum atomic E-state index is 13.0. The van der Waals surface area contributed by atoms with E-state index in [1.54, 1.807) is 0 Å². The Labute approximate surface area is 130 Å². The number of carbonyl (C=O) groups is 1. The summed E-state index contributed by atoms with van der Waals surface area (Å²) in [4.78, 5) is 9.97. The van der Waals surface area contributed by atoms with Gasteiger partial charge in [-0.05, 0) is 0 Å².